The van der Waals surface area contributed by atoms with Crippen LogP contribution in [0.5, 0.6) is 0 Å². The number of nitriles is 1. The molecule has 3 unspecified atom stereocenters. The van der Waals surface area contributed by atoms with Crippen LogP contribution in [0.15, 0.2) is 18.3 Å². The third kappa shape index (κ3) is 2.06. The van der Waals surface area contributed by atoms with Crippen molar-refractivity contribution < 1.29 is 4.79 Å². The Kier molecular flexibility index (Phi) is 3.41. The van der Waals surface area contributed by atoms with E-state index in [1.807, 2.05) is 11.0 Å². The summed E-state index contributed by atoms with van der Waals surface area (Å²) in [7, 11) is 0. The maximum atomic E-state index is 12.6. The molecule has 5 nitrogen and oxygen atoms in total. The minimum atomic E-state index is -0.00394. The SMILES string of the molecule is CCC1C2CNCC2CN1C(=O)c1ccc(C#N)cn1. The Labute approximate surface area is 118 Å². The number of nitrogens with one attached hydrogen (secondary N) is 1. The summed E-state index contributed by atoms with van der Waals surface area (Å²) in [5.74, 6) is 1.14. The molecule has 0 bridgehead atoms. The van der Waals surface area contributed by atoms with Gasteiger partial charge in [0.25, 0.3) is 5.91 Å². The van der Waals surface area contributed by atoms with Crippen LogP contribution in [-0.4, -0.2) is 41.5 Å². The Morgan fingerprint density at radius 1 is 1.55 bits per heavy atom. The van der Waals surface area contributed by atoms with E-state index in [9.17, 15) is 4.79 Å². The number of nitrogens with zero attached hydrogens (tertiary/aromatic N) is 3. The van der Waals surface area contributed by atoms with Gasteiger partial charge >= 0.3 is 0 Å². The van der Waals surface area contributed by atoms with E-state index in [2.05, 4.69) is 17.2 Å². The van der Waals surface area contributed by atoms with Crippen LogP contribution in [0.3, 0.4) is 0 Å². The molecule has 1 N–H and O–H groups in total. The van der Waals surface area contributed by atoms with Gasteiger partial charge in [-0.3, -0.25) is 4.79 Å². The van der Waals surface area contributed by atoms with Gasteiger partial charge in [-0.2, -0.15) is 5.26 Å². The number of amides is 1. The molecule has 2 fully saturated rings. The lowest BCUT2D eigenvalue weighted by molar-refractivity contribution is 0.0705. The first-order chi connectivity index (χ1) is 9.74. The summed E-state index contributed by atoms with van der Waals surface area (Å²) in [6.07, 6.45) is 2.44. The van der Waals surface area contributed by atoms with E-state index in [4.69, 9.17) is 5.26 Å². The molecule has 0 aliphatic carbocycles. The van der Waals surface area contributed by atoms with Gasteiger partial charge in [0.05, 0.1) is 5.56 Å². The molecule has 3 rings (SSSR count). The van der Waals surface area contributed by atoms with Gasteiger partial charge in [-0.05, 0) is 30.4 Å². The van der Waals surface area contributed by atoms with Gasteiger partial charge in [0, 0.05) is 31.9 Å². The third-order valence-corrected chi connectivity index (χ3v) is 4.51. The molecule has 0 radical (unpaired) electrons. The number of likely N-dealkylation sites (tertiary alicyclic amines) is 1. The molecule has 20 heavy (non-hydrogen) atoms. The predicted octanol–water partition coefficient (Wildman–Crippen LogP) is 1.02. The normalized spacial score (nSPS) is 28.2. The smallest absolute Gasteiger partial charge is 0.272 e. The number of aromatic nitrogens is 1. The highest BCUT2D eigenvalue weighted by Crippen LogP contribution is 2.34. The second kappa shape index (κ2) is 5.22. The van der Waals surface area contributed by atoms with E-state index in [1.54, 1.807) is 12.1 Å². The Balaban J connectivity index is 1.81. The van der Waals surface area contributed by atoms with Crippen LogP contribution in [0.2, 0.25) is 0 Å². The minimum absolute atomic E-state index is 0.00394. The highest BCUT2D eigenvalue weighted by atomic mass is 16.2. The number of hydrogen-bond donors (Lipinski definition) is 1. The van der Waals surface area contributed by atoms with Crippen molar-refractivity contribution in [3.63, 3.8) is 0 Å². The minimum Gasteiger partial charge on any atom is -0.334 e. The average Bonchev–Trinajstić information content (AvgIpc) is 3.06. The summed E-state index contributed by atoms with van der Waals surface area (Å²) >= 11 is 0. The molecule has 3 atom stereocenters. The zero-order chi connectivity index (χ0) is 14.1. The molecule has 104 valence electrons. The molecule has 2 aliphatic rings. The molecule has 2 aliphatic heterocycles. The van der Waals surface area contributed by atoms with Gasteiger partial charge in [-0.15, -0.1) is 0 Å². The highest BCUT2D eigenvalue weighted by molar-refractivity contribution is 5.92. The molecule has 5 heteroatoms. The third-order valence-electron chi connectivity index (χ3n) is 4.51. The zero-order valence-corrected chi connectivity index (χ0v) is 11.5. The molecular formula is C15H18N4O. The lowest BCUT2D eigenvalue weighted by atomic mass is 9.93. The second-order valence-electron chi connectivity index (χ2n) is 5.56. The van der Waals surface area contributed by atoms with Gasteiger partial charge in [0.2, 0.25) is 0 Å². The highest BCUT2D eigenvalue weighted by Gasteiger charge is 2.45. The van der Waals surface area contributed by atoms with Gasteiger partial charge in [0.1, 0.15) is 11.8 Å². The largest absolute Gasteiger partial charge is 0.334 e. The number of carbonyl (C=O) groups excluding carboxylic acids is 1. The quantitative estimate of drug-likeness (QED) is 0.871. The van der Waals surface area contributed by atoms with Crippen molar-refractivity contribution in [2.24, 2.45) is 11.8 Å². The lowest BCUT2D eigenvalue weighted by Crippen LogP contribution is -2.39. The number of hydrogen-bond acceptors (Lipinski definition) is 4. The predicted molar refractivity (Wildman–Crippen MR) is 73.9 cm³/mol. The summed E-state index contributed by atoms with van der Waals surface area (Å²) in [4.78, 5) is 18.7. The standard InChI is InChI=1S/C15H18N4O/c1-2-14-12-8-17-7-11(12)9-19(14)15(20)13-4-3-10(5-16)6-18-13/h3-4,6,11-12,14,17H,2,7-9H2,1H3. The van der Waals surface area contributed by atoms with Gasteiger partial charge in [0.15, 0.2) is 0 Å². The van der Waals surface area contributed by atoms with Crippen LogP contribution in [0.25, 0.3) is 0 Å². The maximum Gasteiger partial charge on any atom is 0.272 e. The molecular weight excluding hydrogens is 252 g/mol. The van der Waals surface area contributed by atoms with Gasteiger partial charge < -0.3 is 10.2 Å². The van der Waals surface area contributed by atoms with Crippen LogP contribution >= 0.6 is 0 Å². The summed E-state index contributed by atoms with van der Waals surface area (Å²) in [5.41, 5.74) is 0.923. The van der Waals surface area contributed by atoms with Crippen molar-refractivity contribution in [3.8, 4) is 6.07 Å². The van der Waals surface area contributed by atoms with Crippen LogP contribution in [-0.2, 0) is 0 Å². The van der Waals surface area contributed by atoms with Crippen molar-refractivity contribution in [2.75, 3.05) is 19.6 Å². The summed E-state index contributed by atoms with van der Waals surface area (Å²) in [6.45, 7) is 4.97. The first kappa shape index (κ1) is 13.1. The molecule has 3 heterocycles. The summed E-state index contributed by atoms with van der Waals surface area (Å²) < 4.78 is 0. The van der Waals surface area contributed by atoms with Crippen LogP contribution in [0, 0.1) is 23.2 Å². The van der Waals surface area contributed by atoms with Crippen molar-refractivity contribution in [3.05, 3.63) is 29.6 Å². The van der Waals surface area contributed by atoms with Gasteiger partial charge in [-0.1, -0.05) is 6.92 Å². The maximum absolute atomic E-state index is 12.6. The fraction of sp³-hybridized carbons (Fsp3) is 0.533. The van der Waals surface area contributed by atoms with Crippen molar-refractivity contribution in [1.29, 1.82) is 5.26 Å². The van der Waals surface area contributed by atoms with E-state index in [0.717, 1.165) is 26.1 Å². The van der Waals surface area contributed by atoms with Crippen LogP contribution < -0.4 is 5.32 Å². The van der Waals surface area contributed by atoms with Crippen molar-refractivity contribution in [2.45, 2.75) is 19.4 Å². The number of rotatable bonds is 2. The lowest BCUT2D eigenvalue weighted by Gasteiger charge is -2.26. The van der Waals surface area contributed by atoms with Gasteiger partial charge in [-0.25, -0.2) is 4.98 Å². The van der Waals surface area contributed by atoms with Crippen molar-refractivity contribution in [1.82, 2.24) is 15.2 Å². The molecule has 1 aromatic heterocycles. The fourth-order valence-electron chi connectivity index (χ4n) is 3.51. The van der Waals surface area contributed by atoms with Crippen LogP contribution in [0.1, 0.15) is 29.4 Å². The monoisotopic (exact) mass is 270 g/mol. The molecule has 1 amide bonds. The first-order valence-electron chi connectivity index (χ1n) is 7.12. The summed E-state index contributed by atoms with van der Waals surface area (Å²) in [5, 5.41) is 12.2. The average molecular weight is 270 g/mol. The first-order valence-corrected chi connectivity index (χ1v) is 7.12. The number of carbonyl (C=O) groups is 1. The number of fused-ring (bicyclic) bond motifs is 1. The van der Waals surface area contributed by atoms with E-state index in [1.165, 1.54) is 6.20 Å². The molecule has 2 saturated heterocycles. The Hall–Kier alpha value is -1.93. The Bertz CT molecular complexity index is 548. The van der Waals surface area contributed by atoms with E-state index in [0.29, 0.717) is 29.1 Å². The molecule has 1 aromatic rings. The Morgan fingerprint density at radius 2 is 2.40 bits per heavy atom. The molecule has 0 aromatic carbocycles. The second-order valence-corrected chi connectivity index (χ2v) is 5.56. The van der Waals surface area contributed by atoms with E-state index < -0.39 is 0 Å². The fourth-order valence-corrected chi connectivity index (χ4v) is 3.51. The number of pyridine rings is 1. The molecule has 0 spiro atoms. The zero-order valence-electron chi connectivity index (χ0n) is 11.5. The topological polar surface area (TPSA) is 69.0 Å². The van der Waals surface area contributed by atoms with E-state index >= 15 is 0 Å². The van der Waals surface area contributed by atoms with Crippen molar-refractivity contribution >= 4 is 5.91 Å². The molecule has 0 saturated carbocycles. The summed E-state index contributed by atoms with van der Waals surface area (Å²) in [6, 6.07) is 5.63. The van der Waals surface area contributed by atoms with E-state index in [-0.39, 0.29) is 5.91 Å². The van der Waals surface area contributed by atoms with Crippen LogP contribution in [0.4, 0.5) is 0 Å². The Morgan fingerprint density at radius 3 is 3.05 bits per heavy atom.